The van der Waals surface area contributed by atoms with E-state index in [1.807, 2.05) is 36.4 Å². The molecule has 0 saturated carbocycles. The lowest BCUT2D eigenvalue weighted by Crippen LogP contribution is -2.18. The van der Waals surface area contributed by atoms with Gasteiger partial charge in [-0.05, 0) is 17.4 Å². The summed E-state index contributed by atoms with van der Waals surface area (Å²) in [6.07, 6.45) is 0.527. The van der Waals surface area contributed by atoms with E-state index in [-0.39, 0.29) is 25.4 Å². The molecule has 2 rings (SSSR count). The Morgan fingerprint density at radius 1 is 1.10 bits per heavy atom. The molecule has 0 unspecified atom stereocenters. The molecule has 4 N–H and O–H groups in total. The zero-order chi connectivity index (χ0) is 15.2. The molecule has 2 aromatic rings. The van der Waals surface area contributed by atoms with Crippen molar-refractivity contribution in [3.05, 3.63) is 42.0 Å². The molecule has 2 aromatic carbocycles. The fourth-order valence-electron chi connectivity index (χ4n) is 2.23. The molecule has 5 heteroatoms. The van der Waals surface area contributed by atoms with Crippen LogP contribution in [-0.2, 0) is 16.0 Å². The van der Waals surface area contributed by atoms with Crippen molar-refractivity contribution < 1.29 is 14.7 Å². The molecule has 0 spiro atoms. The molecule has 21 heavy (non-hydrogen) atoms. The van der Waals surface area contributed by atoms with Gasteiger partial charge in [-0.15, -0.1) is 0 Å². The second-order valence-electron chi connectivity index (χ2n) is 4.81. The molecule has 110 valence electrons. The van der Waals surface area contributed by atoms with Crippen LogP contribution in [0.2, 0.25) is 0 Å². The largest absolute Gasteiger partial charge is 0.396 e. The lowest BCUT2D eigenvalue weighted by atomic mass is 10.0. The number of primary amides is 1. The van der Waals surface area contributed by atoms with Gasteiger partial charge in [0.25, 0.3) is 0 Å². The number of aliphatic hydroxyl groups excluding tert-OH is 1. The van der Waals surface area contributed by atoms with Crippen LogP contribution in [0.5, 0.6) is 0 Å². The second-order valence-corrected chi connectivity index (χ2v) is 4.81. The van der Waals surface area contributed by atoms with Crippen LogP contribution in [0.25, 0.3) is 10.8 Å². The maximum atomic E-state index is 11.9. The fourth-order valence-corrected chi connectivity index (χ4v) is 2.23. The molecule has 0 heterocycles. The monoisotopic (exact) mass is 286 g/mol. The van der Waals surface area contributed by atoms with E-state index in [4.69, 9.17) is 10.8 Å². The number of nitrogens with two attached hydrogens (primary N) is 1. The SMILES string of the molecule is NC(=O)CCC(=O)Nc1c(CCO)ccc2ccccc12. The van der Waals surface area contributed by atoms with Gasteiger partial charge >= 0.3 is 0 Å². The minimum absolute atomic E-state index is 0.00248. The van der Waals surface area contributed by atoms with E-state index in [9.17, 15) is 9.59 Å². The minimum Gasteiger partial charge on any atom is -0.396 e. The van der Waals surface area contributed by atoms with Crippen molar-refractivity contribution in [2.24, 2.45) is 5.73 Å². The van der Waals surface area contributed by atoms with Gasteiger partial charge in [0.05, 0.1) is 5.69 Å². The zero-order valence-electron chi connectivity index (χ0n) is 11.6. The molecular weight excluding hydrogens is 268 g/mol. The third-order valence-electron chi connectivity index (χ3n) is 3.26. The van der Waals surface area contributed by atoms with Crippen molar-refractivity contribution in [3.8, 4) is 0 Å². The lowest BCUT2D eigenvalue weighted by Gasteiger charge is -2.13. The van der Waals surface area contributed by atoms with E-state index < -0.39 is 5.91 Å². The summed E-state index contributed by atoms with van der Waals surface area (Å²) < 4.78 is 0. The van der Waals surface area contributed by atoms with Gasteiger partial charge in [-0.1, -0.05) is 36.4 Å². The van der Waals surface area contributed by atoms with Crippen LogP contribution >= 0.6 is 0 Å². The first kappa shape index (κ1) is 15.0. The van der Waals surface area contributed by atoms with Crippen LogP contribution in [-0.4, -0.2) is 23.5 Å². The number of benzene rings is 2. The summed E-state index contributed by atoms with van der Waals surface area (Å²) in [7, 11) is 0. The van der Waals surface area contributed by atoms with E-state index in [1.54, 1.807) is 0 Å². The van der Waals surface area contributed by atoms with Gasteiger partial charge in [-0.25, -0.2) is 0 Å². The molecule has 0 aliphatic rings. The Labute approximate surface area is 122 Å². The van der Waals surface area contributed by atoms with Gasteiger partial charge in [0.2, 0.25) is 11.8 Å². The van der Waals surface area contributed by atoms with Gasteiger partial charge in [0.1, 0.15) is 0 Å². The number of hydrogen-bond donors (Lipinski definition) is 3. The molecule has 0 saturated heterocycles. The molecule has 0 aliphatic heterocycles. The van der Waals surface area contributed by atoms with Gasteiger partial charge in [0, 0.05) is 24.8 Å². The third kappa shape index (κ3) is 3.79. The molecule has 0 radical (unpaired) electrons. The van der Waals surface area contributed by atoms with Crippen molar-refractivity contribution >= 4 is 28.3 Å². The number of hydrogen-bond acceptors (Lipinski definition) is 3. The van der Waals surface area contributed by atoms with Crippen LogP contribution in [0, 0.1) is 0 Å². The number of carbonyl (C=O) groups is 2. The quantitative estimate of drug-likeness (QED) is 0.752. The number of aliphatic hydroxyl groups is 1. The summed E-state index contributed by atoms with van der Waals surface area (Å²) in [5, 5.41) is 13.9. The highest BCUT2D eigenvalue weighted by atomic mass is 16.3. The van der Waals surface area contributed by atoms with Gasteiger partial charge in [-0.2, -0.15) is 0 Å². The zero-order valence-corrected chi connectivity index (χ0v) is 11.6. The van der Waals surface area contributed by atoms with E-state index in [0.717, 1.165) is 16.3 Å². The number of nitrogens with one attached hydrogen (secondary N) is 1. The first-order chi connectivity index (χ1) is 10.1. The Bertz CT molecular complexity index is 668. The minimum atomic E-state index is -0.501. The Morgan fingerprint density at radius 2 is 1.86 bits per heavy atom. The van der Waals surface area contributed by atoms with Gasteiger partial charge < -0.3 is 16.2 Å². The van der Waals surface area contributed by atoms with Crippen molar-refractivity contribution in [1.29, 1.82) is 0 Å². The maximum absolute atomic E-state index is 11.9. The van der Waals surface area contributed by atoms with Crippen LogP contribution in [0.3, 0.4) is 0 Å². The van der Waals surface area contributed by atoms with E-state index >= 15 is 0 Å². The summed E-state index contributed by atoms with van der Waals surface area (Å²) in [6.45, 7) is 0.00248. The standard InChI is InChI=1S/C16H18N2O3/c17-14(20)7-8-15(21)18-16-12(9-10-19)6-5-11-3-1-2-4-13(11)16/h1-6,19H,7-10H2,(H2,17,20)(H,18,21). The molecule has 0 atom stereocenters. The Hall–Kier alpha value is -2.40. The van der Waals surface area contributed by atoms with Crippen molar-refractivity contribution in [2.75, 3.05) is 11.9 Å². The maximum Gasteiger partial charge on any atom is 0.224 e. The highest BCUT2D eigenvalue weighted by Crippen LogP contribution is 2.28. The van der Waals surface area contributed by atoms with Gasteiger partial charge in [-0.3, -0.25) is 9.59 Å². The van der Waals surface area contributed by atoms with Gasteiger partial charge in [0.15, 0.2) is 0 Å². The summed E-state index contributed by atoms with van der Waals surface area (Å²) in [5.41, 5.74) is 6.61. The average Bonchev–Trinajstić information content (AvgIpc) is 2.47. The molecule has 0 bridgehead atoms. The highest BCUT2D eigenvalue weighted by Gasteiger charge is 2.11. The Balaban J connectivity index is 2.32. The first-order valence-electron chi connectivity index (χ1n) is 6.81. The highest BCUT2D eigenvalue weighted by molar-refractivity contribution is 6.04. The van der Waals surface area contributed by atoms with Crippen molar-refractivity contribution in [2.45, 2.75) is 19.3 Å². The Morgan fingerprint density at radius 3 is 2.57 bits per heavy atom. The van der Waals surface area contributed by atoms with Crippen LogP contribution in [0.1, 0.15) is 18.4 Å². The van der Waals surface area contributed by atoms with E-state index in [1.165, 1.54) is 0 Å². The molecule has 0 aliphatic carbocycles. The van der Waals surface area contributed by atoms with Crippen molar-refractivity contribution in [3.63, 3.8) is 0 Å². The number of amides is 2. The topological polar surface area (TPSA) is 92.4 Å². The number of anilines is 1. The average molecular weight is 286 g/mol. The molecule has 2 amide bonds. The first-order valence-corrected chi connectivity index (χ1v) is 6.81. The van der Waals surface area contributed by atoms with E-state index in [0.29, 0.717) is 12.1 Å². The molecule has 0 aromatic heterocycles. The summed E-state index contributed by atoms with van der Waals surface area (Å²) in [5.74, 6) is -0.761. The van der Waals surface area contributed by atoms with Crippen LogP contribution in [0.15, 0.2) is 36.4 Å². The van der Waals surface area contributed by atoms with E-state index in [2.05, 4.69) is 5.32 Å². The number of rotatable bonds is 6. The lowest BCUT2D eigenvalue weighted by molar-refractivity contribution is -0.122. The predicted octanol–water partition coefficient (Wildman–Crippen LogP) is 1.58. The molecule has 5 nitrogen and oxygen atoms in total. The summed E-state index contributed by atoms with van der Waals surface area (Å²) in [6, 6.07) is 11.5. The number of fused-ring (bicyclic) bond motifs is 1. The molecule has 0 fully saturated rings. The van der Waals surface area contributed by atoms with Crippen molar-refractivity contribution in [1.82, 2.24) is 0 Å². The molecular formula is C16H18N2O3. The number of carbonyl (C=O) groups excluding carboxylic acids is 2. The smallest absolute Gasteiger partial charge is 0.224 e. The summed E-state index contributed by atoms with van der Waals surface area (Å²) >= 11 is 0. The van der Waals surface area contributed by atoms with Crippen LogP contribution in [0.4, 0.5) is 5.69 Å². The predicted molar refractivity (Wildman–Crippen MR) is 81.8 cm³/mol. The fraction of sp³-hybridized carbons (Fsp3) is 0.250. The summed E-state index contributed by atoms with van der Waals surface area (Å²) in [4.78, 5) is 22.7. The Kier molecular flexibility index (Phi) is 4.90. The van der Waals surface area contributed by atoms with Crippen LogP contribution < -0.4 is 11.1 Å². The second kappa shape index (κ2) is 6.85. The normalized spacial score (nSPS) is 10.5. The third-order valence-corrected chi connectivity index (χ3v) is 3.26.